The lowest BCUT2D eigenvalue weighted by atomic mass is 9.69. The molecule has 262 valence electrons. The Morgan fingerprint density at radius 1 is 0.750 bits per heavy atom. The standard InChI is InChI=1S/C47H46N2O3/c1-6-19-46(20-7-2)34-15-11-10-14-30(34)32-24-38-41(26-36(32)46)51-44(48-38)29-17-18-31(40(50)23-29)45-49-39-25-33-37(27-42(39)52-45)47(21-8-3,22-9-4)35-16-12-13-28(5)43(33)35/h6,10-12,14-18,23-28,50H,1,7-9,13,19-22H2,2-5H3. The van der Waals surface area contributed by atoms with E-state index in [0.717, 1.165) is 73.6 Å². The Balaban J connectivity index is 1.09. The summed E-state index contributed by atoms with van der Waals surface area (Å²) in [7, 11) is 0. The molecule has 2 aromatic heterocycles. The summed E-state index contributed by atoms with van der Waals surface area (Å²) in [5, 5.41) is 11.4. The van der Waals surface area contributed by atoms with Crippen LogP contribution >= 0.6 is 0 Å². The van der Waals surface area contributed by atoms with Gasteiger partial charge in [0, 0.05) is 16.4 Å². The minimum absolute atomic E-state index is 0.00343. The van der Waals surface area contributed by atoms with E-state index < -0.39 is 0 Å². The van der Waals surface area contributed by atoms with Gasteiger partial charge in [0.2, 0.25) is 11.8 Å². The zero-order chi connectivity index (χ0) is 35.8. The fourth-order valence-corrected chi connectivity index (χ4v) is 10.2. The van der Waals surface area contributed by atoms with E-state index >= 15 is 0 Å². The van der Waals surface area contributed by atoms with Crippen LogP contribution in [0.5, 0.6) is 5.75 Å². The molecule has 0 bridgehead atoms. The van der Waals surface area contributed by atoms with Gasteiger partial charge in [0.05, 0.1) is 5.56 Å². The molecule has 0 saturated heterocycles. The van der Waals surface area contributed by atoms with Crippen LogP contribution in [0.4, 0.5) is 0 Å². The van der Waals surface area contributed by atoms with E-state index in [9.17, 15) is 5.11 Å². The second-order valence-electron chi connectivity index (χ2n) is 15.3. The quantitative estimate of drug-likeness (QED) is 0.145. The van der Waals surface area contributed by atoms with E-state index in [1.807, 2.05) is 18.2 Å². The van der Waals surface area contributed by atoms with Gasteiger partial charge in [0.1, 0.15) is 16.8 Å². The zero-order valence-electron chi connectivity index (χ0n) is 30.7. The maximum absolute atomic E-state index is 11.4. The van der Waals surface area contributed by atoms with E-state index in [0.29, 0.717) is 28.8 Å². The summed E-state index contributed by atoms with van der Waals surface area (Å²) in [6.45, 7) is 13.3. The van der Waals surface area contributed by atoms with Crippen LogP contribution in [0.3, 0.4) is 0 Å². The summed E-state index contributed by atoms with van der Waals surface area (Å²) >= 11 is 0. The van der Waals surface area contributed by atoms with Gasteiger partial charge >= 0.3 is 0 Å². The maximum atomic E-state index is 11.4. The van der Waals surface area contributed by atoms with Crippen molar-refractivity contribution in [2.24, 2.45) is 5.92 Å². The minimum atomic E-state index is -0.137. The molecule has 52 heavy (non-hydrogen) atoms. The Bertz CT molecular complexity index is 2470. The predicted molar refractivity (Wildman–Crippen MR) is 211 cm³/mol. The molecule has 0 fully saturated rings. The van der Waals surface area contributed by atoms with Gasteiger partial charge in [0.25, 0.3) is 0 Å². The van der Waals surface area contributed by atoms with Gasteiger partial charge in [-0.3, -0.25) is 0 Å². The molecule has 9 rings (SSSR count). The predicted octanol–water partition coefficient (Wildman–Crippen LogP) is 12.9. The second-order valence-corrected chi connectivity index (χ2v) is 15.3. The number of hydrogen-bond acceptors (Lipinski definition) is 5. The molecular formula is C47H46N2O3. The van der Waals surface area contributed by atoms with Crippen molar-refractivity contribution in [3.8, 4) is 39.8 Å². The molecule has 0 amide bonds. The molecule has 5 nitrogen and oxygen atoms in total. The van der Waals surface area contributed by atoms with Crippen molar-refractivity contribution in [3.05, 3.63) is 119 Å². The molecule has 2 unspecified atom stereocenters. The molecule has 3 aliphatic carbocycles. The molecule has 2 heterocycles. The van der Waals surface area contributed by atoms with Crippen LogP contribution in [-0.4, -0.2) is 15.1 Å². The van der Waals surface area contributed by atoms with Crippen molar-refractivity contribution < 1.29 is 13.9 Å². The van der Waals surface area contributed by atoms with Gasteiger partial charge in [-0.05, 0) is 125 Å². The number of fused-ring (bicyclic) bond motifs is 7. The van der Waals surface area contributed by atoms with Gasteiger partial charge in [-0.25, -0.2) is 9.97 Å². The SMILES string of the molecule is C=CCC1(CCC)c2ccccc2-c2cc3nc(-c4ccc(-c5nc6cc7c(cc6o5)C(CCC)(CCC)C5=C7C(C)CC=C5)c(O)c4)oc3cc21. The third kappa shape index (κ3) is 4.60. The lowest BCUT2D eigenvalue weighted by molar-refractivity contribution is 0.430. The van der Waals surface area contributed by atoms with Crippen LogP contribution in [0, 0.1) is 5.92 Å². The van der Waals surface area contributed by atoms with Crippen molar-refractivity contribution >= 4 is 27.8 Å². The molecule has 0 spiro atoms. The van der Waals surface area contributed by atoms with E-state index in [1.54, 1.807) is 6.07 Å². The monoisotopic (exact) mass is 686 g/mol. The number of benzene rings is 4. The van der Waals surface area contributed by atoms with Crippen LogP contribution in [0.2, 0.25) is 0 Å². The summed E-state index contributed by atoms with van der Waals surface area (Å²) in [4.78, 5) is 9.87. The molecule has 0 radical (unpaired) electrons. The first kappa shape index (κ1) is 32.7. The van der Waals surface area contributed by atoms with Crippen molar-refractivity contribution in [2.45, 2.75) is 89.9 Å². The number of nitrogens with zero attached hydrogens (tertiary/aromatic N) is 2. The number of aromatic nitrogens is 2. The highest BCUT2D eigenvalue weighted by molar-refractivity contribution is 5.93. The van der Waals surface area contributed by atoms with E-state index in [1.165, 1.54) is 44.5 Å². The Morgan fingerprint density at radius 2 is 1.40 bits per heavy atom. The molecule has 1 N–H and O–H groups in total. The van der Waals surface area contributed by atoms with Crippen LogP contribution in [-0.2, 0) is 10.8 Å². The van der Waals surface area contributed by atoms with E-state index in [4.69, 9.17) is 18.8 Å². The van der Waals surface area contributed by atoms with Crippen molar-refractivity contribution in [1.82, 2.24) is 9.97 Å². The fourth-order valence-electron chi connectivity index (χ4n) is 10.2. The number of rotatable bonds is 10. The topological polar surface area (TPSA) is 72.3 Å². The van der Waals surface area contributed by atoms with Gasteiger partial charge in [-0.2, -0.15) is 0 Å². The highest BCUT2D eigenvalue weighted by atomic mass is 16.4. The number of oxazole rings is 2. The summed E-state index contributed by atoms with van der Waals surface area (Å²) in [6.07, 6.45) is 15.2. The Kier molecular flexibility index (Phi) is 7.69. The number of phenols is 1. The lowest BCUT2D eigenvalue weighted by Gasteiger charge is -2.34. The summed E-state index contributed by atoms with van der Waals surface area (Å²) in [5.41, 5.74) is 15.0. The molecule has 3 aliphatic rings. The van der Waals surface area contributed by atoms with Crippen molar-refractivity contribution in [1.29, 1.82) is 0 Å². The smallest absolute Gasteiger partial charge is 0.231 e. The number of phenolic OH excluding ortho intramolecular Hbond substituents is 1. The van der Waals surface area contributed by atoms with Crippen LogP contribution in [0.25, 0.3) is 61.8 Å². The van der Waals surface area contributed by atoms with Crippen molar-refractivity contribution in [3.63, 3.8) is 0 Å². The largest absolute Gasteiger partial charge is 0.507 e. The average Bonchev–Trinajstić information content (AvgIpc) is 3.88. The first-order valence-electron chi connectivity index (χ1n) is 19.2. The average molecular weight is 687 g/mol. The fraction of sp³-hybridized carbons (Fsp3) is 0.319. The Labute approximate surface area is 305 Å². The van der Waals surface area contributed by atoms with Gasteiger partial charge in [-0.1, -0.05) is 89.5 Å². The van der Waals surface area contributed by atoms with E-state index in [2.05, 4.69) is 95.0 Å². The Morgan fingerprint density at radius 3 is 2.12 bits per heavy atom. The third-order valence-electron chi connectivity index (χ3n) is 12.2. The zero-order valence-corrected chi connectivity index (χ0v) is 30.7. The first-order valence-corrected chi connectivity index (χ1v) is 19.2. The molecular weight excluding hydrogens is 641 g/mol. The molecule has 0 aliphatic heterocycles. The summed E-state index contributed by atoms with van der Waals surface area (Å²) < 4.78 is 12.9. The normalized spacial score (nSPS) is 19.7. The number of aromatic hydroxyl groups is 1. The van der Waals surface area contributed by atoms with Crippen LogP contribution in [0.15, 0.2) is 106 Å². The van der Waals surface area contributed by atoms with Gasteiger partial charge < -0.3 is 13.9 Å². The third-order valence-corrected chi connectivity index (χ3v) is 12.2. The molecule has 6 aromatic rings. The molecule has 2 atom stereocenters. The van der Waals surface area contributed by atoms with Gasteiger partial charge in [0.15, 0.2) is 11.2 Å². The van der Waals surface area contributed by atoms with Crippen LogP contribution in [0.1, 0.15) is 101 Å². The molecule has 0 saturated carbocycles. The highest BCUT2D eigenvalue weighted by Gasteiger charge is 2.45. The highest BCUT2D eigenvalue weighted by Crippen LogP contribution is 2.57. The molecule has 5 heteroatoms. The first-order chi connectivity index (χ1) is 25.4. The maximum Gasteiger partial charge on any atom is 0.231 e. The minimum Gasteiger partial charge on any atom is -0.507 e. The molecule has 4 aromatic carbocycles. The second kappa shape index (κ2) is 12.2. The van der Waals surface area contributed by atoms with E-state index in [-0.39, 0.29) is 16.6 Å². The summed E-state index contributed by atoms with van der Waals surface area (Å²) in [6, 6.07) is 23.0. The van der Waals surface area contributed by atoms with Crippen LogP contribution < -0.4 is 0 Å². The van der Waals surface area contributed by atoms with Gasteiger partial charge in [-0.15, -0.1) is 6.58 Å². The number of allylic oxidation sites excluding steroid dienone is 5. The Hall–Kier alpha value is -5.16. The summed E-state index contributed by atoms with van der Waals surface area (Å²) in [5.74, 6) is 1.41. The number of hydrogen-bond donors (Lipinski definition) is 1. The van der Waals surface area contributed by atoms with Crippen molar-refractivity contribution in [2.75, 3.05) is 0 Å². The lowest BCUT2D eigenvalue weighted by Crippen LogP contribution is -2.26.